The quantitative estimate of drug-likeness (QED) is 0.131. The molecule has 1 aliphatic heterocycles. The highest BCUT2D eigenvalue weighted by molar-refractivity contribution is 6.02. The Morgan fingerprint density at radius 3 is 2.38 bits per heavy atom. The highest BCUT2D eigenvalue weighted by Gasteiger charge is 2.30. The second-order valence-corrected chi connectivity index (χ2v) is 13.4. The van der Waals surface area contributed by atoms with Gasteiger partial charge in [-0.15, -0.1) is 0 Å². The van der Waals surface area contributed by atoms with Crippen LogP contribution in [0.5, 0.6) is 5.75 Å². The molecule has 0 saturated carbocycles. The smallest absolute Gasteiger partial charge is 0.145 e. The van der Waals surface area contributed by atoms with Crippen molar-refractivity contribution in [1.29, 1.82) is 0 Å². The molecule has 0 radical (unpaired) electrons. The van der Waals surface area contributed by atoms with Crippen molar-refractivity contribution in [2.24, 2.45) is 10.9 Å². The SMILES string of the molecule is CCCCCCCCCCCc1ccc(/C(=C2/N=C3C=C2[C@@H](CCCC)CCCCCC3)c2[nH]c(-c3ccc[nH]3)cc2OC)[nH]1. The molecule has 2 bridgehead atoms. The van der Waals surface area contributed by atoms with Gasteiger partial charge >= 0.3 is 0 Å². The van der Waals surface area contributed by atoms with E-state index in [2.05, 4.69) is 59.1 Å². The first kappa shape index (κ1) is 33.2. The van der Waals surface area contributed by atoms with Crippen molar-refractivity contribution in [3.05, 3.63) is 71.0 Å². The minimum absolute atomic E-state index is 0.537. The first-order valence-electron chi connectivity index (χ1n) is 18.3. The molecule has 5 heteroatoms. The Hall–Kier alpha value is -3.21. The summed E-state index contributed by atoms with van der Waals surface area (Å²) in [5, 5.41) is 0. The highest BCUT2D eigenvalue weighted by Crippen LogP contribution is 2.43. The van der Waals surface area contributed by atoms with Crippen LogP contribution in [0.4, 0.5) is 0 Å². The number of ether oxygens (including phenoxy) is 1. The van der Waals surface area contributed by atoms with E-state index >= 15 is 0 Å². The van der Waals surface area contributed by atoms with Gasteiger partial charge in [0.25, 0.3) is 0 Å². The number of aliphatic imine (C=N–C) groups is 1. The molecule has 5 rings (SSSR count). The van der Waals surface area contributed by atoms with Crippen molar-refractivity contribution in [3.8, 4) is 17.1 Å². The summed E-state index contributed by atoms with van der Waals surface area (Å²) in [6.45, 7) is 4.60. The third-order valence-electron chi connectivity index (χ3n) is 9.87. The number of rotatable bonds is 17. The lowest BCUT2D eigenvalue weighted by molar-refractivity contribution is 0.414. The molecule has 2 aliphatic rings. The summed E-state index contributed by atoms with van der Waals surface area (Å²) in [6, 6.07) is 10.9. The van der Waals surface area contributed by atoms with E-state index < -0.39 is 0 Å². The van der Waals surface area contributed by atoms with Crippen LogP contribution in [0.1, 0.15) is 147 Å². The van der Waals surface area contributed by atoms with Crippen molar-refractivity contribution in [2.45, 2.75) is 136 Å². The van der Waals surface area contributed by atoms with Gasteiger partial charge in [-0.2, -0.15) is 0 Å². The van der Waals surface area contributed by atoms with E-state index in [4.69, 9.17) is 9.73 Å². The standard InChI is InChI=1S/C40H58N4O/c1-4-6-8-9-10-11-12-13-17-22-31-25-26-35(42-31)38(40-37(45-3)29-36(44-40)34-24-19-27-41-34)39-33-28-32(43-39)23-18-15-14-16-21-30(33)20-7-5-2/h19,24-30,41-42,44H,4-18,20-23H2,1-3H3/b39-38-/t30-/m0/s1. The van der Waals surface area contributed by atoms with E-state index in [1.807, 2.05) is 12.3 Å². The third kappa shape index (κ3) is 8.95. The van der Waals surface area contributed by atoms with Crippen LogP contribution in [0, 0.1) is 5.92 Å². The minimum Gasteiger partial charge on any atom is -0.494 e. The third-order valence-corrected chi connectivity index (χ3v) is 9.87. The summed E-state index contributed by atoms with van der Waals surface area (Å²) in [5.74, 6) is 1.39. The highest BCUT2D eigenvalue weighted by atomic mass is 16.5. The second-order valence-electron chi connectivity index (χ2n) is 13.4. The van der Waals surface area contributed by atoms with Crippen molar-refractivity contribution in [2.75, 3.05) is 7.11 Å². The van der Waals surface area contributed by atoms with Gasteiger partial charge in [-0.3, -0.25) is 4.99 Å². The maximum Gasteiger partial charge on any atom is 0.145 e. The lowest BCUT2D eigenvalue weighted by Gasteiger charge is -2.21. The Labute approximate surface area is 272 Å². The van der Waals surface area contributed by atoms with Crippen LogP contribution < -0.4 is 4.74 Å². The first-order chi connectivity index (χ1) is 22.2. The van der Waals surface area contributed by atoms with Crippen LogP contribution in [0.3, 0.4) is 0 Å². The lowest BCUT2D eigenvalue weighted by atomic mass is 9.84. The predicted molar refractivity (Wildman–Crippen MR) is 191 cm³/mol. The molecule has 244 valence electrons. The van der Waals surface area contributed by atoms with Crippen LogP contribution in [-0.4, -0.2) is 27.8 Å². The number of aromatic nitrogens is 3. The maximum absolute atomic E-state index is 6.06. The molecule has 1 atom stereocenters. The number of unbranched alkanes of at least 4 members (excludes halogenated alkanes) is 9. The topological polar surface area (TPSA) is 69.0 Å². The first-order valence-corrected chi connectivity index (χ1v) is 18.3. The van der Waals surface area contributed by atoms with E-state index in [1.54, 1.807) is 7.11 Å². The van der Waals surface area contributed by atoms with Crippen LogP contribution in [0.15, 0.2) is 58.9 Å². The summed E-state index contributed by atoms with van der Waals surface area (Å²) in [7, 11) is 1.78. The monoisotopic (exact) mass is 610 g/mol. The molecule has 0 fully saturated rings. The molecule has 1 aliphatic carbocycles. The summed E-state index contributed by atoms with van der Waals surface area (Å²) < 4.78 is 6.06. The van der Waals surface area contributed by atoms with Gasteiger partial charge in [0.05, 0.1) is 41.2 Å². The van der Waals surface area contributed by atoms with Gasteiger partial charge in [-0.25, -0.2) is 0 Å². The summed E-state index contributed by atoms with van der Waals surface area (Å²) in [5.41, 5.74) is 10.5. The van der Waals surface area contributed by atoms with Crippen molar-refractivity contribution >= 4 is 11.3 Å². The number of methoxy groups -OCH3 is 1. The second kappa shape index (κ2) is 17.5. The van der Waals surface area contributed by atoms with Gasteiger partial charge in [0.2, 0.25) is 0 Å². The number of allylic oxidation sites excluding steroid dienone is 2. The van der Waals surface area contributed by atoms with Crippen LogP contribution in [0.2, 0.25) is 0 Å². The zero-order valence-electron chi connectivity index (χ0n) is 28.4. The molecule has 0 saturated heterocycles. The summed E-state index contributed by atoms with van der Waals surface area (Å²) >= 11 is 0. The zero-order valence-corrected chi connectivity index (χ0v) is 28.4. The molecular weight excluding hydrogens is 552 g/mol. The molecule has 0 aromatic carbocycles. The zero-order chi connectivity index (χ0) is 31.3. The number of H-pyrrole nitrogens is 3. The van der Waals surface area contributed by atoms with Gasteiger partial charge < -0.3 is 19.7 Å². The molecule has 0 spiro atoms. The number of aryl methyl sites for hydroxylation is 1. The number of hydrogen-bond acceptors (Lipinski definition) is 2. The van der Waals surface area contributed by atoms with Crippen molar-refractivity contribution in [1.82, 2.24) is 15.0 Å². The average molecular weight is 611 g/mol. The molecule has 5 nitrogen and oxygen atoms in total. The molecule has 0 unspecified atom stereocenters. The largest absolute Gasteiger partial charge is 0.494 e. The van der Waals surface area contributed by atoms with Gasteiger partial charge in [-0.05, 0) is 80.4 Å². The Morgan fingerprint density at radius 2 is 1.62 bits per heavy atom. The fraction of sp³-hybridized carbons (Fsp3) is 0.575. The van der Waals surface area contributed by atoms with E-state index in [1.165, 1.54) is 126 Å². The van der Waals surface area contributed by atoms with Gasteiger partial charge in [0.15, 0.2) is 0 Å². The molecular formula is C40H58N4O. The molecule has 3 aromatic heterocycles. The average Bonchev–Trinajstić information content (AvgIpc) is 3.88. The Bertz CT molecular complexity index is 1400. The van der Waals surface area contributed by atoms with Crippen molar-refractivity contribution < 1.29 is 4.74 Å². The van der Waals surface area contributed by atoms with Gasteiger partial charge in [0.1, 0.15) is 5.75 Å². The molecule has 4 heterocycles. The fourth-order valence-corrected chi connectivity index (χ4v) is 7.25. The number of aromatic amines is 3. The number of hydrogen-bond donors (Lipinski definition) is 3. The number of nitrogens with zero attached hydrogens (tertiary/aromatic N) is 1. The predicted octanol–water partition coefficient (Wildman–Crippen LogP) is 11.7. The van der Waals surface area contributed by atoms with Crippen LogP contribution in [0.25, 0.3) is 17.0 Å². The minimum atomic E-state index is 0.537. The van der Waals surface area contributed by atoms with Crippen molar-refractivity contribution in [3.63, 3.8) is 0 Å². The van der Waals surface area contributed by atoms with E-state index in [-0.39, 0.29) is 0 Å². The summed E-state index contributed by atoms with van der Waals surface area (Å²) in [4.78, 5) is 16.4. The van der Waals surface area contributed by atoms with Gasteiger partial charge in [0, 0.05) is 23.7 Å². The molecule has 0 amide bonds. The molecule has 3 N–H and O–H groups in total. The van der Waals surface area contributed by atoms with Crippen LogP contribution >= 0.6 is 0 Å². The van der Waals surface area contributed by atoms with E-state index in [9.17, 15) is 0 Å². The fourth-order valence-electron chi connectivity index (χ4n) is 7.25. The van der Waals surface area contributed by atoms with Gasteiger partial charge in [-0.1, -0.05) is 97.3 Å². The maximum atomic E-state index is 6.06. The Balaban J connectivity index is 1.46. The number of fused-ring (bicyclic) bond motifs is 1. The lowest BCUT2D eigenvalue weighted by Crippen LogP contribution is -2.08. The normalized spacial score (nSPS) is 18.2. The Kier molecular flexibility index (Phi) is 12.9. The Morgan fingerprint density at radius 1 is 0.844 bits per heavy atom. The molecule has 45 heavy (non-hydrogen) atoms. The summed E-state index contributed by atoms with van der Waals surface area (Å²) in [6.07, 6.45) is 28.9. The molecule has 3 aromatic rings. The van der Waals surface area contributed by atoms with E-state index in [0.29, 0.717) is 5.92 Å². The van der Waals surface area contributed by atoms with E-state index in [0.717, 1.165) is 52.6 Å². The van der Waals surface area contributed by atoms with Crippen LogP contribution in [-0.2, 0) is 6.42 Å². The number of nitrogens with one attached hydrogen (secondary N) is 3.